The average Bonchev–Trinajstić information content (AvgIpc) is 3.13. The van der Waals surface area contributed by atoms with Crippen LogP contribution in [0.4, 0.5) is 0 Å². The summed E-state index contributed by atoms with van der Waals surface area (Å²) in [6, 6.07) is 25.5. The van der Waals surface area contributed by atoms with E-state index in [0.29, 0.717) is 40.5 Å². The van der Waals surface area contributed by atoms with Gasteiger partial charge in [-0.3, -0.25) is 14.7 Å². The maximum absolute atomic E-state index is 13.4. The van der Waals surface area contributed by atoms with Crippen LogP contribution in [0.3, 0.4) is 0 Å². The molecule has 0 spiro atoms. The molecule has 33 heavy (non-hydrogen) atoms. The Morgan fingerprint density at radius 2 is 1.70 bits per heavy atom. The first-order valence-electron chi connectivity index (χ1n) is 10.9. The molecule has 6 heteroatoms. The molecule has 0 unspecified atom stereocenters. The van der Waals surface area contributed by atoms with Crippen molar-refractivity contribution in [1.29, 1.82) is 0 Å². The number of nitrogens with zero attached hydrogens (tertiary/aromatic N) is 2. The van der Waals surface area contributed by atoms with Crippen LogP contribution in [0.2, 0.25) is 5.02 Å². The third-order valence-electron chi connectivity index (χ3n) is 5.03. The minimum Gasteiger partial charge on any atom is -0.493 e. The van der Waals surface area contributed by atoms with E-state index < -0.39 is 0 Å². The predicted octanol–water partition coefficient (Wildman–Crippen LogP) is 6.80. The third kappa shape index (κ3) is 6.06. The Morgan fingerprint density at radius 3 is 2.39 bits per heavy atom. The fourth-order valence-corrected chi connectivity index (χ4v) is 4.54. The van der Waals surface area contributed by atoms with Crippen molar-refractivity contribution in [3.05, 3.63) is 105 Å². The van der Waals surface area contributed by atoms with Gasteiger partial charge >= 0.3 is 0 Å². The van der Waals surface area contributed by atoms with Crippen molar-refractivity contribution in [3.63, 3.8) is 0 Å². The fourth-order valence-electron chi connectivity index (χ4n) is 3.39. The summed E-state index contributed by atoms with van der Waals surface area (Å²) in [5, 5.41) is 1.29. The molecule has 168 valence electrons. The highest BCUT2D eigenvalue weighted by molar-refractivity contribution is 8.18. The number of ether oxygens (including phenoxy) is 1. The van der Waals surface area contributed by atoms with Gasteiger partial charge in [0.05, 0.1) is 24.6 Å². The van der Waals surface area contributed by atoms with Gasteiger partial charge in [-0.1, -0.05) is 79.2 Å². The lowest BCUT2D eigenvalue weighted by atomic mass is 10.1. The fraction of sp³-hybridized carbons (Fsp3) is 0.185. The van der Waals surface area contributed by atoms with Crippen molar-refractivity contribution in [1.82, 2.24) is 4.90 Å². The van der Waals surface area contributed by atoms with Crippen molar-refractivity contribution in [2.75, 3.05) is 6.61 Å². The molecule has 0 radical (unpaired) electrons. The van der Waals surface area contributed by atoms with Crippen LogP contribution in [-0.4, -0.2) is 22.6 Å². The topological polar surface area (TPSA) is 41.9 Å². The quantitative estimate of drug-likeness (QED) is 0.335. The molecule has 0 atom stereocenters. The monoisotopic (exact) mass is 476 g/mol. The molecule has 0 saturated carbocycles. The van der Waals surface area contributed by atoms with Gasteiger partial charge in [-0.25, -0.2) is 0 Å². The second-order valence-electron chi connectivity index (χ2n) is 7.60. The Morgan fingerprint density at radius 1 is 1.00 bits per heavy atom. The van der Waals surface area contributed by atoms with E-state index in [1.807, 2.05) is 78.9 Å². The molecule has 1 amide bonds. The van der Waals surface area contributed by atoms with Crippen LogP contribution in [0.25, 0.3) is 6.08 Å². The highest BCUT2D eigenvalue weighted by Crippen LogP contribution is 2.36. The van der Waals surface area contributed by atoms with Crippen LogP contribution in [-0.2, 0) is 17.9 Å². The summed E-state index contributed by atoms with van der Waals surface area (Å²) >= 11 is 7.63. The van der Waals surface area contributed by atoms with Gasteiger partial charge in [-0.2, -0.15) is 0 Å². The lowest BCUT2D eigenvalue weighted by Gasteiger charge is -2.15. The highest BCUT2D eigenvalue weighted by atomic mass is 35.5. The summed E-state index contributed by atoms with van der Waals surface area (Å²) in [6.45, 7) is 3.63. The molecule has 1 fully saturated rings. The Bertz CT molecular complexity index is 1160. The Labute approximate surface area is 203 Å². The number of carbonyl (C=O) groups excluding carboxylic acids is 1. The van der Waals surface area contributed by atoms with E-state index in [-0.39, 0.29) is 5.91 Å². The molecule has 1 aliphatic heterocycles. The number of carbonyl (C=O) groups is 1. The molecule has 0 bridgehead atoms. The molecule has 0 aromatic heterocycles. The van der Waals surface area contributed by atoms with Gasteiger partial charge in [-0.05, 0) is 53.6 Å². The zero-order chi connectivity index (χ0) is 23.0. The second kappa shape index (κ2) is 11.2. The van der Waals surface area contributed by atoms with Gasteiger partial charge in [0.25, 0.3) is 5.91 Å². The summed E-state index contributed by atoms with van der Waals surface area (Å²) in [5.41, 5.74) is 2.94. The minimum atomic E-state index is -0.0721. The Hall–Kier alpha value is -3.02. The number of thioether (sulfide) groups is 1. The first kappa shape index (κ1) is 23.1. The number of amidine groups is 1. The molecule has 4 rings (SSSR count). The highest BCUT2D eigenvalue weighted by Gasteiger charge is 2.33. The third-order valence-corrected chi connectivity index (χ3v) is 6.31. The van der Waals surface area contributed by atoms with E-state index >= 15 is 0 Å². The lowest BCUT2D eigenvalue weighted by Crippen LogP contribution is -2.28. The summed E-state index contributed by atoms with van der Waals surface area (Å²) in [6.07, 6.45) is 2.75. The number of hydrogen-bond donors (Lipinski definition) is 0. The van der Waals surface area contributed by atoms with Crippen LogP contribution < -0.4 is 4.74 Å². The molecule has 4 nitrogen and oxygen atoms in total. The van der Waals surface area contributed by atoms with E-state index in [2.05, 4.69) is 6.92 Å². The Balaban J connectivity index is 1.66. The average molecular weight is 477 g/mol. The number of rotatable bonds is 8. The van der Waals surface area contributed by atoms with Crippen molar-refractivity contribution in [2.45, 2.75) is 26.4 Å². The molecule has 1 heterocycles. The maximum atomic E-state index is 13.4. The molecule has 1 saturated heterocycles. The van der Waals surface area contributed by atoms with Gasteiger partial charge in [0.1, 0.15) is 5.75 Å². The van der Waals surface area contributed by atoms with Crippen molar-refractivity contribution in [3.8, 4) is 5.75 Å². The normalized spacial score (nSPS) is 16.1. The van der Waals surface area contributed by atoms with Crippen LogP contribution >= 0.6 is 23.4 Å². The molecule has 0 N–H and O–H groups in total. The second-order valence-corrected chi connectivity index (χ2v) is 9.05. The SMILES string of the molecule is CCCOc1ccc(Cl)cc1/C=C1/SC(=NCc2ccccc2)N(Cc2ccccc2)C1=O. The van der Waals surface area contributed by atoms with Gasteiger partial charge < -0.3 is 4.74 Å². The van der Waals surface area contributed by atoms with E-state index in [0.717, 1.165) is 23.1 Å². The van der Waals surface area contributed by atoms with Crippen LogP contribution in [0.1, 0.15) is 30.0 Å². The van der Waals surface area contributed by atoms with E-state index in [4.69, 9.17) is 21.3 Å². The first-order valence-corrected chi connectivity index (χ1v) is 12.1. The van der Waals surface area contributed by atoms with E-state index in [1.54, 1.807) is 11.0 Å². The molecule has 3 aromatic rings. The largest absolute Gasteiger partial charge is 0.493 e. The summed E-state index contributed by atoms with van der Waals surface area (Å²) in [7, 11) is 0. The van der Waals surface area contributed by atoms with E-state index in [9.17, 15) is 4.79 Å². The van der Waals surface area contributed by atoms with Crippen molar-refractivity contribution < 1.29 is 9.53 Å². The Kier molecular flexibility index (Phi) is 7.87. The molecular formula is C27H25ClN2O2S. The number of amides is 1. The van der Waals surface area contributed by atoms with Crippen LogP contribution in [0.5, 0.6) is 5.75 Å². The van der Waals surface area contributed by atoms with Crippen molar-refractivity contribution >= 4 is 40.5 Å². The van der Waals surface area contributed by atoms with Crippen molar-refractivity contribution in [2.24, 2.45) is 4.99 Å². The van der Waals surface area contributed by atoms with Gasteiger partial charge in [0.15, 0.2) is 5.17 Å². The molecule has 3 aromatic carbocycles. The van der Waals surface area contributed by atoms with Gasteiger partial charge in [0.2, 0.25) is 0 Å². The number of benzene rings is 3. The molecule has 0 aliphatic carbocycles. The van der Waals surface area contributed by atoms with E-state index in [1.165, 1.54) is 11.8 Å². The maximum Gasteiger partial charge on any atom is 0.267 e. The molecular weight excluding hydrogens is 452 g/mol. The number of aliphatic imine (C=N–C) groups is 1. The van der Waals surface area contributed by atoms with Gasteiger partial charge in [0, 0.05) is 10.6 Å². The summed E-state index contributed by atoms with van der Waals surface area (Å²) in [5.74, 6) is 0.642. The van der Waals surface area contributed by atoms with Gasteiger partial charge in [-0.15, -0.1) is 0 Å². The number of hydrogen-bond acceptors (Lipinski definition) is 4. The zero-order valence-electron chi connectivity index (χ0n) is 18.4. The molecule has 1 aliphatic rings. The minimum absolute atomic E-state index is 0.0721. The smallest absolute Gasteiger partial charge is 0.267 e. The number of halogens is 1. The van der Waals surface area contributed by atoms with Crippen LogP contribution in [0, 0.1) is 0 Å². The first-order chi connectivity index (χ1) is 16.1. The summed E-state index contributed by atoms with van der Waals surface area (Å²) < 4.78 is 5.87. The predicted molar refractivity (Wildman–Crippen MR) is 137 cm³/mol. The van der Waals surface area contributed by atoms with Crippen LogP contribution in [0.15, 0.2) is 88.8 Å². The zero-order valence-corrected chi connectivity index (χ0v) is 20.0. The standard InChI is InChI=1S/C27H25ClN2O2S/c1-2-15-32-24-14-13-23(28)16-22(24)17-25-26(31)30(19-21-11-7-4-8-12-21)27(33-25)29-18-20-9-5-3-6-10-20/h3-14,16-17H,2,15,18-19H2,1H3/b25-17+,29-27?. The lowest BCUT2D eigenvalue weighted by molar-refractivity contribution is -0.122. The summed E-state index contributed by atoms with van der Waals surface area (Å²) in [4.78, 5) is 20.6.